The van der Waals surface area contributed by atoms with E-state index in [9.17, 15) is 9.90 Å². The molecule has 1 fully saturated rings. The smallest absolute Gasteiger partial charge is 0.410 e. The van der Waals surface area contributed by atoms with Gasteiger partial charge in [0, 0.05) is 26.4 Å². The highest BCUT2D eigenvalue weighted by molar-refractivity contribution is 5.82. The van der Waals surface area contributed by atoms with E-state index in [0.717, 1.165) is 27.7 Å². The van der Waals surface area contributed by atoms with E-state index in [1.807, 2.05) is 31.8 Å². The minimum absolute atomic E-state index is 0.0912. The number of carbonyl (C=O) groups excluding carboxylic acids is 1. The van der Waals surface area contributed by atoms with Crippen molar-refractivity contribution < 1.29 is 14.6 Å². The Hall–Kier alpha value is -2.86. The molecule has 6 nitrogen and oxygen atoms in total. The Kier molecular flexibility index (Phi) is 5.30. The number of benzene rings is 2. The number of imidazole rings is 1. The van der Waals surface area contributed by atoms with Gasteiger partial charge in [-0.2, -0.15) is 0 Å². The van der Waals surface area contributed by atoms with Crippen LogP contribution in [0, 0.1) is 0 Å². The molecule has 0 bridgehead atoms. The van der Waals surface area contributed by atoms with E-state index in [1.165, 1.54) is 0 Å². The lowest BCUT2D eigenvalue weighted by molar-refractivity contribution is -0.0859. The number of rotatable bonds is 5. The zero-order chi connectivity index (χ0) is 22.4. The van der Waals surface area contributed by atoms with Crippen LogP contribution in [0.1, 0.15) is 52.1 Å². The molecule has 0 spiro atoms. The van der Waals surface area contributed by atoms with Gasteiger partial charge in [-0.1, -0.05) is 30.3 Å². The highest BCUT2D eigenvalue weighted by Gasteiger charge is 2.41. The molecule has 0 radical (unpaired) electrons. The summed E-state index contributed by atoms with van der Waals surface area (Å²) in [6.45, 7) is 8.01. The van der Waals surface area contributed by atoms with Crippen molar-refractivity contribution in [2.45, 2.75) is 57.8 Å². The molecule has 6 heteroatoms. The van der Waals surface area contributed by atoms with Crippen LogP contribution in [-0.2, 0) is 11.8 Å². The average Bonchev–Trinajstić information content (AvgIpc) is 3.06. The molecule has 164 valence electrons. The van der Waals surface area contributed by atoms with E-state index in [0.29, 0.717) is 19.4 Å². The number of cyclic esters (lactones) is 1. The lowest BCUT2D eigenvalue weighted by atomic mass is 9.87. The van der Waals surface area contributed by atoms with Crippen LogP contribution in [0.2, 0.25) is 0 Å². The van der Waals surface area contributed by atoms with Gasteiger partial charge >= 0.3 is 6.09 Å². The maximum Gasteiger partial charge on any atom is 0.410 e. The summed E-state index contributed by atoms with van der Waals surface area (Å²) >= 11 is 0. The molecule has 0 saturated carbocycles. The summed E-state index contributed by atoms with van der Waals surface area (Å²) in [4.78, 5) is 18.9. The van der Waals surface area contributed by atoms with Crippen molar-refractivity contribution in [1.82, 2.24) is 14.5 Å². The first-order chi connectivity index (χ1) is 14.5. The summed E-state index contributed by atoms with van der Waals surface area (Å²) in [6.07, 6.45) is 2.61. The number of ether oxygens (including phenoxy) is 1. The molecule has 3 aromatic rings. The minimum Gasteiger partial charge on any atom is -0.443 e. The molecule has 1 amide bonds. The molecule has 4 rings (SSSR count). The minimum atomic E-state index is -0.878. The Morgan fingerprint density at radius 2 is 1.87 bits per heavy atom. The Morgan fingerprint density at radius 1 is 1.19 bits per heavy atom. The molecule has 2 aromatic carbocycles. The second-order valence-electron chi connectivity index (χ2n) is 9.61. The van der Waals surface area contributed by atoms with Crippen LogP contribution < -0.4 is 0 Å². The molecule has 1 aromatic heterocycles. The van der Waals surface area contributed by atoms with E-state index >= 15 is 0 Å². The summed E-state index contributed by atoms with van der Waals surface area (Å²) < 4.78 is 7.77. The first-order valence-electron chi connectivity index (χ1n) is 10.8. The number of aromatic nitrogens is 2. The summed E-state index contributed by atoms with van der Waals surface area (Å²) in [5.74, 6) is 0. The Balaban J connectivity index is 1.48. The zero-order valence-corrected chi connectivity index (χ0v) is 18.9. The lowest BCUT2D eigenvalue weighted by Gasteiger charge is -2.43. The van der Waals surface area contributed by atoms with E-state index in [1.54, 1.807) is 18.7 Å². The Bertz CT molecular complexity index is 1100. The van der Waals surface area contributed by atoms with Crippen LogP contribution in [0.5, 0.6) is 0 Å². The fraction of sp³-hybridized carbons (Fsp3) is 0.440. The van der Waals surface area contributed by atoms with E-state index in [-0.39, 0.29) is 12.1 Å². The van der Waals surface area contributed by atoms with Gasteiger partial charge in [-0.15, -0.1) is 0 Å². The van der Waals surface area contributed by atoms with Gasteiger partial charge < -0.3 is 19.3 Å². The van der Waals surface area contributed by atoms with Crippen LogP contribution >= 0.6 is 0 Å². The van der Waals surface area contributed by atoms with Crippen LogP contribution in [0.25, 0.3) is 22.2 Å². The monoisotopic (exact) mass is 421 g/mol. The maximum atomic E-state index is 12.7. The molecule has 1 aliphatic heterocycles. The third kappa shape index (κ3) is 4.44. The molecule has 0 aliphatic carbocycles. The SMILES string of the molecule is C[C@@H](c1ccc(-c2ccc3c(c2)ncn3C)cc1)N1CC[C@@](C)(CC(C)(C)O)OC1=O. The highest BCUT2D eigenvalue weighted by atomic mass is 16.6. The molecular weight excluding hydrogens is 390 g/mol. The van der Waals surface area contributed by atoms with E-state index in [4.69, 9.17) is 4.74 Å². The molecule has 0 unspecified atom stereocenters. The molecule has 2 heterocycles. The van der Waals surface area contributed by atoms with Crippen LogP contribution in [0.3, 0.4) is 0 Å². The van der Waals surface area contributed by atoms with Crippen molar-refractivity contribution in [3.63, 3.8) is 0 Å². The van der Waals surface area contributed by atoms with Crippen molar-refractivity contribution in [2.75, 3.05) is 6.54 Å². The molecule has 1 saturated heterocycles. The largest absolute Gasteiger partial charge is 0.443 e. The Morgan fingerprint density at radius 3 is 2.52 bits per heavy atom. The molecule has 31 heavy (non-hydrogen) atoms. The normalized spacial score (nSPS) is 20.7. The van der Waals surface area contributed by atoms with Crippen LogP contribution in [0.4, 0.5) is 4.79 Å². The zero-order valence-electron chi connectivity index (χ0n) is 18.9. The van der Waals surface area contributed by atoms with E-state index < -0.39 is 11.2 Å². The molecule has 1 aliphatic rings. The first-order valence-corrected chi connectivity index (χ1v) is 10.8. The van der Waals surface area contributed by atoms with Crippen LogP contribution in [0.15, 0.2) is 48.8 Å². The van der Waals surface area contributed by atoms with E-state index in [2.05, 4.69) is 47.4 Å². The summed E-state index contributed by atoms with van der Waals surface area (Å²) in [5, 5.41) is 10.1. The van der Waals surface area contributed by atoms with Gasteiger partial charge in [0.05, 0.1) is 29.0 Å². The lowest BCUT2D eigenvalue weighted by Crippen LogP contribution is -2.51. The second kappa shape index (κ2) is 7.68. The maximum absolute atomic E-state index is 12.7. The fourth-order valence-electron chi connectivity index (χ4n) is 4.61. The van der Waals surface area contributed by atoms with Gasteiger partial charge in [0.15, 0.2) is 0 Å². The predicted molar refractivity (Wildman–Crippen MR) is 122 cm³/mol. The standard InChI is InChI=1S/C25H31N3O3/c1-17(28-13-12-25(4,31-23(28)29)15-24(2,3)30)18-6-8-19(9-7-18)20-10-11-22-21(14-20)26-16-27(22)5/h6-11,14,16-17,30H,12-13,15H2,1-5H3/t17-,25-/m0/s1. The fourth-order valence-corrected chi connectivity index (χ4v) is 4.61. The van der Waals surface area contributed by atoms with Crippen molar-refractivity contribution in [2.24, 2.45) is 7.05 Å². The first kappa shape index (κ1) is 21.4. The average molecular weight is 422 g/mol. The number of nitrogens with zero attached hydrogens (tertiary/aromatic N) is 3. The Labute approximate surface area is 183 Å². The van der Waals surface area contributed by atoms with Crippen molar-refractivity contribution in [1.29, 1.82) is 0 Å². The number of aliphatic hydroxyl groups is 1. The van der Waals surface area contributed by atoms with Crippen molar-refractivity contribution in [3.8, 4) is 11.1 Å². The topological polar surface area (TPSA) is 67.6 Å². The number of hydrogen-bond acceptors (Lipinski definition) is 4. The van der Waals surface area contributed by atoms with Gasteiger partial charge in [-0.3, -0.25) is 0 Å². The third-order valence-electron chi connectivity index (χ3n) is 6.18. The summed E-state index contributed by atoms with van der Waals surface area (Å²) in [6, 6.07) is 14.5. The van der Waals surface area contributed by atoms with Gasteiger partial charge in [-0.25, -0.2) is 9.78 Å². The van der Waals surface area contributed by atoms with Crippen molar-refractivity contribution in [3.05, 3.63) is 54.4 Å². The number of aryl methyl sites for hydroxylation is 1. The van der Waals surface area contributed by atoms with Gasteiger partial charge in [0.25, 0.3) is 0 Å². The number of hydrogen-bond donors (Lipinski definition) is 1. The number of amides is 1. The predicted octanol–water partition coefficient (Wildman–Crippen LogP) is 5.06. The quantitative estimate of drug-likeness (QED) is 0.625. The molecule has 1 N–H and O–H groups in total. The van der Waals surface area contributed by atoms with Gasteiger partial charge in [0.1, 0.15) is 5.60 Å². The second-order valence-corrected chi connectivity index (χ2v) is 9.61. The summed E-state index contributed by atoms with van der Waals surface area (Å²) in [5.41, 5.74) is 3.85. The number of fused-ring (bicyclic) bond motifs is 1. The summed E-state index contributed by atoms with van der Waals surface area (Å²) in [7, 11) is 1.99. The highest BCUT2D eigenvalue weighted by Crippen LogP contribution is 2.35. The van der Waals surface area contributed by atoms with Gasteiger partial charge in [-0.05, 0) is 56.5 Å². The molecular formula is C25H31N3O3. The molecule has 2 atom stereocenters. The van der Waals surface area contributed by atoms with Crippen LogP contribution in [-0.4, -0.2) is 43.4 Å². The van der Waals surface area contributed by atoms with Crippen molar-refractivity contribution >= 4 is 17.1 Å². The third-order valence-corrected chi connectivity index (χ3v) is 6.18. The van der Waals surface area contributed by atoms with Gasteiger partial charge in [0.2, 0.25) is 0 Å². The number of carbonyl (C=O) groups is 1.